The lowest BCUT2D eigenvalue weighted by Gasteiger charge is -2.37. The number of fused-ring (bicyclic) bond motifs is 1. The lowest BCUT2D eigenvalue weighted by molar-refractivity contribution is 0.574. The molecule has 0 spiro atoms. The summed E-state index contributed by atoms with van der Waals surface area (Å²) in [6.45, 7) is 0. The number of thiocarbonyl (C=S) groups is 1. The second-order valence-electron chi connectivity index (χ2n) is 5.33. The third kappa shape index (κ3) is 2.38. The van der Waals surface area contributed by atoms with Crippen LogP contribution in [0.15, 0.2) is 36.5 Å². The summed E-state index contributed by atoms with van der Waals surface area (Å²) in [5.41, 5.74) is 1.92. The van der Waals surface area contributed by atoms with E-state index < -0.39 is 15.5 Å². The Labute approximate surface area is 132 Å². The molecule has 2 heterocycles. The Morgan fingerprint density at radius 2 is 2.19 bits per heavy atom. The van der Waals surface area contributed by atoms with E-state index in [0.29, 0.717) is 10.7 Å². The summed E-state index contributed by atoms with van der Waals surface area (Å²) in [6, 6.07) is 10.1. The van der Waals surface area contributed by atoms with E-state index in [4.69, 9.17) is 12.2 Å². The van der Waals surface area contributed by atoms with Crippen molar-refractivity contribution in [3.8, 4) is 0 Å². The number of hydrogen-bond donors (Lipinski definition) is 1. The van der Waals surface area contributed by atoms with Gasteiger partial charge in [-0.3, -0.25) is 9.19 Å². The van der Waals surface area contributed by atoms with E-state index in [1.165, 1.54) is 0 Å². The first-order valence-electron chi connectivity index (χ1n) is 7.14. The summed E-state index contributed by atoms with van der Waals surface area (Å²) in [5.74, 6) is 0.703. The van der Waals surface area contributed by atoms with Gasteiger partial charge >= 0.3 is 0 Å². The number of benzene rings is 1. The second kappa shape index (κ2) is 5.81. The number of rotatable bonds is 2. The minimum Gasteiger partial charge on any atom is -0.381 e. The zero-order chi connectivity index (χ0) is 14.9. The molecular formula is C16H18N2OS2. The second-order valence-corrected chi connectivity index (χ2v) is 7.53. The molecule has 5 heteroatoms. The lowest BCUT2D eigenvalue weighted by atomic mass is 9.92. The summed E-state index contributed by atoms with van der Waals surface area (Å²) < 4.78 is 12.2. The molecule has 2 aromatic rings. The first-order valence-corrected chi connectivity index (χ1v) is 8.87. The van der Waals surface area contributed by atoms with Gasteiger partial charge in [0.1, 0.15) is 4.75 Å². The van der Waals surface area contributed by atoms with Gasteiger partial charge in [-0.05, 0) is 30.5 Å². The zero-order valence-corrected chi connectivity index (χ0v) is 13.6. The number of pyridine rings is 1. The quantitative estimate of drug-likeness (QED) is 0.865. The summed E-state index contributed by atoms with van der Waals surface area (Å²) in [5, 5.41) is 4.13. The Balaban J connectivity index is 2.18. The first-order chi connectivity index (χ1) is 10.2. The zero-order valence-electron chi connectivity index (χ0n) is 12.0. The van der Waals surface area contributed by atoms with Gasteiger partial charge in [0.05, 0.1) is 10.5 Å². The van der Waals surface area contributed by atoms with Crippen LogP contribution in [0.5, 0.6) is 0 Å². The maximum Gasteiger partial charge on any atom is 0.122 e. The van der Waals surface area contributed by atoms with Crippen molar-refractivity contribution in [1.29, 1.82) is 0 Å². The minimum atomic E-state index is -1.00. The Hall–Kier alpha value is -1.33. The van der Waals surface area contributed by atoms with Crippen LogP contribution in [0.4, 0.5) is 0 Å². The van der Waals surface area contributed by atoms with Crippen LogP contribution in [0.3, 0.4) is 0 Å². The molecule has 1 saturated heterocycles. The third-order valence-corrected chi connectivity index (χ3v) is 6.91. The van der Waals surface area contributed by atoms with Crippen molar-refractivity contribution in [3.63, 3.8) is 0 Å². The van der Waals surface area contributed by atoms with Crippen LogP contribution in [-0.2, 0) is 15.5 Å². The molecule has 3 nitrogen and oxygen atoms in total. The van der Waals surface area contributed by atoms with E-state index in [0.717, 1.165) is 35.7 Å². The number of aromatic nitrogens is 1. The van der Waals surface area contributed by atoms with Crippen LogP contribution < -0.4 is 5.32 Å². The van der Waals surface area contributed by atoms with Crippen LogP contribution in [0.25, 0.3) is 10.9 Å². The molecule has 0 radical (unpaired) electrons. The fourth-order valence-corrected chi connectivity index (χ4v) is 5.38. The highest BCUT2D eigenvalue weighted by Gasteiger charge is 2.44. The highest BCUT2D eigenvalue weighted by atomic mass is 32.2. The molecule has 0 unspecified atom stereocenters. The van der Waals surface area contributed by atoms with Crippen molar-refractivity contribution < 1.29 is 4.21 Å². The van der Waals surface area contributed by atoms with Crippen molar-refractivity contribution >= 4 is 38.9 Å². The molecule has 2 atom stereocenters. The van der Waals surface area contributed by atoms with Gasteiger partial charge in [0.2, 0.25) is 0 Å². The van der Waals surface area contributed by atoms with Crippen molar-refractivity contribution in [2.24, 2.45) is 0 Å². The SMILES string of the molecule is CNC(=S)[C@]1(c2cnc3ccccc3c2)CCCC[S@]1=O. The topological polar surface area (TPSA) is 42.0 Å². The molecule has 0 aliphatic carbocycles. The summed E-state index contributed by atoms with van der Waals surface area (Å²) in [6.07, 6.45) is 4.70. The molecule has 1 fully saturated rings. The number of nitrogens with one attached hydrogen (secondary N) is 1. The fraction of sp³-hybridized carbons (Fsp3) is 0.375. The molecule has 1 aliphatic rings. The van der Waals surface area contributed by atoms with Gasteiger partial charge in [-0.25, -0.2) is 0 Å². The molecule has 1 aliphatic heterocycles. The number of hydrogen-bond acceptors (Lipinski definition) is 3. The van der Waals surface area contributed by atoms with E-state index >= 15 is 0 Å². The molecule has 110 valence electrons. The largest absolute Gasteiger partial charge is 0.381 e. The maximum atomic E-state index is 12.8. The van der Waals surface area contributed by atoms with Gasteiger partial charge in [0.25, 0.3) is 0 Å². The summed E-state index contributed by atoms with van der Waals surface area (Å²) in [7, 11) is 0.806. The molecule has 3 rings (SSSR count). The normalized spacial score (nSPS) is 25.7. The summed E-state index contributed by atoms with van der Waals surface area (Å²) >= 11 is 5.54. The van der Waals surface area contributed by atoms with Crippen LogP contribution in [0.1, 0.15) is 24.8 Å². The van der Waals surface area contributed by atoms with Gasteiger partial charge in [-0.1, -0.05) is 36.8 Å². The van der Waals surface area contributed by atoms with E-state index in [1.54, 1.807) is 0 Å². The molecule has 0 saturated carbocycles. The Bertz CT molecular complexity index is 706. The van der Waals surface area contributed by atoms with Crippen molar-refractivity contribution in [2.45, 2.75) is 24.0 Å². The van der Waals surface area contributed by atoms with Crippen molar-refractivity contribution in [2.75, 3.05) is 12.8 Å². The lowest BCUT2D eigenvalue weighted by Crippen LogP contribution is -2.48. The molecule has 1 N–H and O–H groups in total. The molecule has 1 aromatic heterocycles. The maximum absolute atomic E-state index is 12.8. The van der Waals surface area contributed by atoms with Gasteiger partial charge in [0.15, 0.2) is 0 Å². The average Bonchev–Trinajstić information content (AvgIpc) is 2.54. The predicted molar refractivity (Wildman–Crippen MR) is 91.9 cm³/mol. The van der Waals surface area contributed by atoms with Crippen LogP contribution in [0.2, 0.25) is 0 Å². The molecular weight excluding hydrogens is 300 g/mol. The first kappa shape index (κ1) is 14.6. The van der Waals surface area contributed by atoms with Gasteiger partial charge in [0, 0.05) is 35.2 Å². The predicted octanol–water partition coefficient (Wildman–Crippen LogP) is 2.91. The van der Waals surface area contributed by atoms with E-state index in [-0.39, 0.29) is 0 Å². The fourth-order valence-electron chi connectivity index (χ4n) is 3.01. The third-order valence-electron chi connectivity index (χ3n) is 4.15. The molecule has 0 amide bonds. The molecule has 21 heavy (non-hydrogen) atoms. The van der Waals surface area contributed by atoms with E-state index in [2.05, 4.69) is 16.4 Å². The van der Waals surface area contributed by atoms with Gasteiger partial charge in [-0.15, -0.1) is 0 Å². The highest BCUT2D eigenvalue weighted by Crippen LogP contribution is 2.39. The molecule has 0 bridgehead atoms. The number of likely N-dealkylation sites (N-methyl/N-ethyl adjacent to an activating group) is 1. The van der Waals surface area contributed by atoms with E-state index in [1.807, 2.05) is 37.5 Å². The Kier molecular flexibility index (Phi) is 4.04. The Morgan fingerprint density at radius 3 is 2.95 bits per heavy atom. The van der Waals surface area contributed by atoms with Crippen LogP contribution in [-0.4, -0.2) is 27.0 Å². The minimum absolute atomic E-state index is 0.584. The van der Waals surface area contributed by atoms with Crippen molar-refractivity contribution in [3.05, 3.63) is 42.1 Å². The van der Waals surface area contributed by atoms with Crippen LogP contribution >= 0.6 is 12.2 Å². The van der Waals surface area contributed by atoms with Crippen molar-refractivity contribution in [1.82, 2.24) is 10.3 Å². The van der Waals surface area contributed by atoms with E-state index in [9.17, 15) is 4.21 Å². The average molecular weight is 318 g/mol. The van der Waals surface area contributed by atoms with Gasteiger partial charge in [-0.2, -0.15) is 0 Å². The highest BCUT2D eigenvalue weighted by molar-refractivity contribution is 7.90. The summed E-state index contributed by atoms with van der Waals surface area (Å²) in [4.78, 5) is 5.20. The monoisotopic (exact) mass is 318 g/mol. The molecule has 1 aromatic carbocycles. The number of para-hydroxylation sites is 1. The smallest absolute Gasteiger partial charge is 0.122 e. The van der Waals surface area contributed by atoms with Gasteiger partial charge < -0.3 is 5.32 Å². The number of nitrogens with zero attached hydrogens (tertiary/aromatic N) is 1. The van der Waals surface area contributed by atoms with Crippen LogP contribution in [0, 0.1) is 0 Å². The standard InChI is InChI=1S/C16H18N2OS2/c1-17-15(20)16(8-4-5-9-21(16)19)13-10-12-6-2-3-7-14(12)18-11-13/h2-3,6-7,10-11H,4-5,8-9H2,1H3,(H,17,20)/t16-,21-/m1/s1. The Morgan fingerprint density at radius 1 is 1.38 bits per heavy atom.